The Bertz CT molecular complexity index is 532. The fourth-order valence-electron chi connectivity index (χ4n) is 1.19. The lowest BCUT2D eigenvalue weighted by Crippen LogP contribution is -2.13. The van der Waals surface area contributed by atoms with E-state index in [4.69, 9.17) is 12.2 Å². The highest BCUT2D eigenvalue weighted by Gasteiger charge is 2.05. The maximum absolute atomic E-state index is 11.7. The molecule has 0 saturated carbocycles. The van der Waals surface area contributed by atoms with Crippen LogP contribution in [0.25, 0.3) is 0 Å². The zero-order chi connectivity index (χ0) is 11.4. The number of ketones is 1. The number of hydrogen-bond donors (Lipinski definition) is 2. The molecule has 0 aliphatic heterocycles. The number of H-pyrrole nitrogens is 1. The van der Waals surface area contributed by atoms with Gasteiger partial charge in [-0.2, -0.15) is 0 Å². The molecule has 2 aromatic rings. The van der Waals surface area contributed by atoms with Gasteiger partial charge in [0, 0.05) is 5.56 Å². The maximum Gasteiger partial charge on any atom is 0.204 e. The lowest BCUT2D eigenvalue weighted by atomic mass is 10.1. The molecule has 0 aliphatic rings. The Labute approximate surface area is 101 Å². The van der Waals surface area contributed by atoms with Gasteiger partial charge in [0.2, 0.25) is 5.13 Å². The monoisotopic (exact) mass is 251 g/mol. The number of carbonyl (C=O) groups is 1. The molecule has 4 nitrogen and oxygen atoms in total. The van der Waals surface area contributed by atoms with Crippen molar-refractivity contribution < 1.29 is 4.79 Å². The molecule has 2 N–H and O–H groups in total. The number of rotatable bonds is 4. The summed E-state index contributed by atoms with van der Waals surface area (Å²) < 4.78 is 0.592. The maximum atomic E-state index is 11.7. The standard InChI is InChI=1S/C10H9N3OS2/c14-8(7-4-2-1-3-5-7)6-11-9-12-13-10(15)16-9/h1-5H,6H2,(H,11,12)(H,13,15). The summed E-state index contributed by atoms with van der Waals surface area (Å²) in [6.07, 6.45) is 0. The molecule has 0 bridgehead atoms. The van der Waals surface area contributed by atoms with Crippen LogP contribution in [0.15, 0.2) is 30.3 Å². The van der Waals surface area contributed by atoms with E-state index in [1.807, 2.05) is 18.2 Å². The second-order valence-corrected chi connectivity index (χ2v) is 4.73. The normalized spacial score (nSPS) is 10.0. The molecule has 2 rings (SSSR count). The highest BCUT2D eigenvalue weighted by atomic mass is 32.1. The SMILES string of the molecule is O=C(CNc1n[nH]c(=S)s1)c1ccccc1. The summed E-state index contributed by atoms with van der Waals surface area (Å²) in [7, 11) is 0. The molecular weight excluding hydrogens is 242 g/mol. The van der Waals surface area contributed by atoms with Gasteiger partial charge in [-0.05, 0) is 12.2 Å². The van der Waals surface area contributed by atoms with Gasteiger partial charge in [-0.3, -0.25) is 9.89 Å². The first-order valence-corrected chi connectivity index (χ1v) is 5.86. The second-order valence-electron chi connectivity index (χ2n) is 3.06. The average molecular weight is 251 g/mol. The van der Waals surface area contributed by atoms with E-state index in [1.54, 1.807) is 12.1 Å². The highest BCUT2D eigenvalue weighted by molar-refractivity contribution is 7.73. The molecule has 0 spiro atoms. The van der Waals surface area contributed by atoms with E-state index in [0.29, 0.717) is 14.6 Å². The van der Waals surface area contributed by atoms with E-state index < -0.39 is 0 Å². The third kappa shape index (κ3) is 2.74. The van der Waals surface area contributed by atoms with Crippen LogP contribution in [-0.2, 0) is 0 Å². The topological polar surface area (TPSA) is 57.8 Å². The first-order valence-electron chi connectivity index (χ1n) is 4.63. The minimum Gasteiger partial charge on any atom is -0.353 e. The third-order valence-corrected chi connectivity index (χ3v) is 2.98. The van der Waals surface area contributed by atoms with Crippen LogP contribution < -0.4 is 5.32 Å². The lowest BCUT2D eigenvalue weighted by molar-refractivity contribution is 0.101. The summed E-state index contributed by atoms with van der Waals surface area (Å²) in [5, 5.41) is 10.1. The summed E-state index contributed by atoms with van der Waals surface area (Å²) in [5.41, 5.74) is 0.689. The van der Waals surface area contributed by atoms with Crippen molar-refractivity contribution in [1.29, 1.82) is 0 Å². The zero-order valence-electron chi connectivity index (χ0n) is 8.27. The summed E-state index contributed by atoms with van der Waals surface area (Å²) in [6.45, 7) is 0.222. The Morgan fingerprint density at radius 2 is 2.19 bits per heavy atom. The Kier molecular flexibility index (Phi) is 3.43. The minimum absolute atomic E-state index is 0.0294. The van der Waals surface area contributed by atoms with Crippen molar-refractivity contribution in [2.45, 2.75) is 0 Å². The molecule has 0 unspecified atom stereocenters. The number of anilines is 1. The number of hydrogen-bond acceptors (Lipinski definition) is 5. The lowest BCUT2D eigenvalue weighted by Gasteiger charge is -2.00. The molecule has 1 aromatic heterocycles. The molecule has 82 valence electrons. The van der Waals surface area contributed by atoms with Crippen molar-refractivity contribution in [3.05, 3.63) is 39.8 Å². The molecule has 16 heavy (non-hydrogen) atoms. The van der Waals surface area contributed by atoms with E-state index in [2.05, 4.69) is 15.5 Å². The van der Waals surface area contributed by atoms with Crippen molar-refractivity contribution in [2.24, 2.45) is 0 Å². The minimum atomic E-state index is 0.0294. The van der Waals surface area contributed by atoms with Crippen LogP contribution in [0, 0.1) is 3.95 Å². The Hall–Kier alpha value is -1.53. The van der Waals surface area contributed by atoms with Crippen molar-refractivity contribution in [2.75, 3.05) is 11.9 Å². The molecule has 1 aromatic carbocycles. The summed E-state index contributed by atoms with van der Waals surface area (Å²) in [5.74, 6) is 0.0294. The van der Waals surface area contributed by atoms with Crippen LogP contribution in [-0.4, -0.2) is 22.5 Å². The highest BCUT2D eigenvalue weighted by Crippen LogP contribution is 2.10. The molecule has 0 radical (unpaired) electrons. The number of nitrogens with zero attached hydrogens (tertiary/aromatic N) is 1. The summed E-state index contributed by atoms with van der Waals surface area (Å²) >= 11 is 6.19. The number of nitrogens with one attached hydrogen (secondary N) is 2. The average Bonchev–Trinajstić information content (AvgIpc) is 2.73. The van der Waals surface area contributed by atoms with E-state index in [0.717, 1.165) is 0 Å². The van der Waals surface area contributed by atoms with Crippen LogP contribution in [0.2, 0.25) is 0 Å². The van der Waals surface area contributed by atoms with E-state index in [9.17, 15) is 4.79 Å². The number of benzene rings is 1. The quantitative estimate of drug-likeness (QED) is 0.647. The van der Waals surface area contributed by atoms with Crippen molar-refractivity contribution >= 4 is 34.5 Å². The molecule has 0 amide bonds. The molecule has 0 saturated heterocycles. The van der Waals surface area contributed by atoms with Gasteiger partial charge in [-0.25, -0.2) is 0 Å². The van der Waals surface area contributed by atoms with Crippen LogP contribution in [0.3, 0.4) is 0 Å². The van der Waals surface area contributed by atoms with Crippen LogP contribution in [0.5, 0.6) is 0 Å². The van der Waals surface area contributed by atoms with Gasteiger partial charge in [0.1, 0.15) is 0 Å². The third-order valence-electron chi connectivity index (χ3n) is 1.93. The van der Waals surface area contributed by atoms with Gasteiger partial charge in [-0.1, -0.05) is 41.7 Å². The van der Waals surface area contributed by atoms with Crippen LogP contribution in [0.1, 0.15) is 10.4 Å². The molecular formula is C10H9N3OS2. The Balaban J connectivity index is 1.96. The van der Waals surface area contributed by atoms with Crippen LogP contribution >= 0.6 is 23.6 Å². The van der Waals surface area contributed by atoms with Gasteiger partial charge in [0.25, 0.3) is 0 Å². The molecule has 0 aliphatic carbocycles. The van der Waals surface area contributed by atoms with Crippen LogP contribution in [0.4, 0.5) is 5.13 Å². The predicted molar refractivity (Wildman–Crippen MR) is 66.6 cm³/mol. The van der Waals surface area contributed by atoms with Crippen molar-refractivity contribution in [3.63, 3.8) is 0 Å². The first-order chi connectivity index (χ1) is 7.75. The molecule has 0 atom stereocenters. The molecule has 1 heterocycles. The largest absolute Gasteiger partial charge is 0.353 e. The Morgan fingerprint density at radius 3 is 2.81 bits per heavy atom. The fraction of sp³-hybridized carbons (Fsp3) is 0.100. The van der Waals surface area contributed by atoms with Gasteiger partial charge in [-0.15, -0.1) is 5.10 Å². The molecule has 6 heteroatoms. The van der Waals surface area contributed by atoms with E-state index in [-0.39, 0.29) is 12.3 Å². The number of carbonyl (C=O) groups excluding carboxylic acids is 1. The van der Waals surface area contributed by atoms with E-state index in [1.165, 1.54) is 11.3 Å². The van der Waals surface area contributed by atoms with Gasteiger partial charge < -0.3 is 5.32 Å². The number of aromatic amines is 1. The van der Waals surface area contributed by atoms with Crippen molar-refractivity contribution in [3.8, 4) is 0 Å². The van der Waals surface area contributed by atoms with E-state index >= 15 is 0 Å². The fourth-order valence-corrected chi connectivity index (χ4v) is 1.97. The summed E-state index contributed by atoms with van der Waals surface area (Å²) in [4.78, 5) is 11.7. The summed E-state index contributed by atoms with van der Waals surface area (Å²) in [6, 6.07) is 9.13. The van der Waals surface area contributed by atoms with Gasteiger partial charge in [0.15, 0.2) is 9.74 Å². The van der Waals surface area contributed by atoms with Crippen molar-refractivity contribution in [1.82, 2.24) is 10.2 Å². The first kappa shape index (κ1) is 11.0. The van der Waals surface area contributed by atoms with Gasteiger partial charge >= 0.3 is 0 Å². The predicted octanol–water partition coefficient (Wildman–Crippen LogP) is 2.50. The zero-order valence-corrected chi connectivity index (χ0v) is 9.90. The van der Waals surface area contributed by atoms with Gasteiger partial charge in [0.05, 0.1) is 6.54 Å². The number of Topliss-reactive ketones (excluding diaryl/α,β-unsaturated/α-hetero) is 1. The second kappa shape index (κ2) is 5.00. The Morgan fingerprint density at radius 1 is 1.44 bits per heavy atom. The number of aromatic nitrogens is 2. The molecule has 0 fully saturated rings. The smallest absolute Gasteiger partial charge is 0.204 e.